The van der Waals surface area contributed by atoms with Gasteiger partial charge in [0.15, 0.2) is 0 Å². The molecule has 0 aliphatic rings. The molecule has 2 aromatic rings. The van der Waals surface area contributed by atoms with Crippen LogP contribution in [0.3, 0.4) is 0 Å². The van der Waals surface area contributed by atoms with E-state index in [2.05, 4.69) is 4.72 Å². The van der Waals surface area contributed by atoms with Gasteiger partial charge in [0.2, 0.25) is 0 Å². The topological polar surface area (TPSA) is 63.2 Å². The molecule has 1 N–H and O–H groups in total. The van der Waals surface area contributed by atoms with Crippen molar-refractivity contribution < 1.29 is 13.2 Å². The molecule has 2 aromatic carbocycles. The van der Waals surface area contributed by atoms with E-state index in [1.54, 1.807) is 36.4 Å². The lowest BCUT2D eigenvalue weighted by molar-refractivity contribution is 0.107. The van der Waals surface area contributed by atoms with E-state index in [0.717, 1.165) is 11.1 Å². The fourth-order valence-corrected chi connectivity index (χ4v) is 2.65. The van der Waals surface area contributed by atoms with Crippen LogP contribution >= 0.6 is 0 Å². The first-order valence-corrected chi connectivity index (χ1v) is 7.57. The maximum atomic E-state index is 12.0. The van der Waals surface area contributed by atoms with Gasteiger partial charge in [0, 0.05) is 11.3 Å². The molecule has 0 saturated carbocycles. The molecule has 0 aliphatic carbocycles. The van der Waals surface area contributed by atoms with Crippen molar-refractivity contribution >= 4 is 20.8 Å². The number of rotatable bonds is 3. The monoisotopic (exact) mass is 289 g/mol. The number of aryl methyl sites for hydroxylation is 2. The van der Waals surface area contributed by atoms with Crippen LogP contribution in [0.1, 0.15) is 21.5 Å². The van der Waals surface area contributed by atoms with Crippen molar-refractivity contribution in [3.05, 3.63) is 65.2 Å². The first kappa shape index (κ1) is 14.3. The minimum Gasteiger partial charge on any atom is -0.277 e. The molecule has 0 fully saturated rings. The first-order valence-electron chi connectivity index (χ1n) is 6.09. The van der Waals surface area contributed by atoms with E-state index in [9.17, 15) is 13.2 Å². The van der Waals surface area contributed by atoms with Crippen molar-refractivity contribution in [3.63, 3.8) is 0 Å². The van der Waals surface area contributed by atoms with Crippen molar-refractivity contribution in [2.45, 2.75) is 13.8 Å². The van der Waals surface area contributed by atoms with E-state index in [1.165, 1.54) is 12.1 Å². The van der Waals surface area contributed by atoms with Crippen LogP contribution in [0.2, 0.25) is 0 Å². The molecule has 0 unspecified atom stereocenters. The zero-order valence-corrected chi connectivity index (χ0v) is 12.1. The van der Waals surface area contributed by atoms with Gasteiger partial charge in [0.25, 0.3) is 5.12 Å². The summed E-state index contributed by atoms with van der Waals surface area (Å²) < 4.78 is 26.3. The second-order valence-corrected chi connectivity index (χ2v) is 6.21. The number of sulfonamides is 1. The Morgan fingerprint density at radius 1 is 0.850 bits per heavy atom. The van der Waals surface area contributed by atoms with E-state index in [1.807, 2.05) is 13.8 Å². The third kappa shape index (κ3) is 3.24. The van der Waals surface area contributed by atoms with Gasteiger partial charge in [-0.05, 0) is 38.1 Å². The van der Waals surface area contributed by atoms with E-state index in [4.69, 9.17) is 0 Å². The molecule has 104 valence electrons. The smallest absolute Gasteiger partial charge is 0.277 e. The van der Waals surface area contributed by atoms with Gasteiger partial charge in [0.1, 0.15) is 0 Å². The predicted molar refractivity (Wildman–Crippen MR) is 79.2 cm³/mol. The molecule has 0 heterocycles. The average molecular weight is 289 g/mol. The van der Waals surface area contributed by atoms with E-state index < -0.39 is 15.1 Å². The molecule has 0 bridgehead atoms. The Morgan fingerprint density at radius 3 is 1.80 bits per heavy atom. The summed E-state index contributed by atoms with van der Waals surface area (Å²) in [6, 6.07) is 13.2. The van der Waals surface area contributed by atoms with Crippen molar-refractivity contribution in [3.8, 4) is 0 Å². The lowest BCUT2D eigenvalue weighted by Gasteiger charge is -2.07. The molecule has 0 saturated heterocycles. The minimum absolute atomic E-state index is 0.148. The van der Waals surface area contributed by atoms with Gasteiger partial charge >= 0.3 is 10.0 Å². The Balaban J connectivity index is 2.24. The summed E-state index contributed by atoms with van der Waals surface area (Å²) >= 11 is 0. The Kier molecular flexibility index (Phi) is 3.90. The Morgan fingerprint density at radius 2 is 1.30 bits per heavy atom. The van der Waals surface area contributed by atoms with Crippen molar-refractivity contribution in [2.75, 3.05) is 4.72 Å². The Bertz CT molecular complexity index is 717. The molecule has 0 radical (unpaired) electrons. The molecule has 2 rings (SSSR count). The number of nitrogens with one attached hydrogen (secondary N) is 1. The van der Waals surface area contributed by atoms with Crippen LogP contribution in [0.25, 0.3) is 0 Å². The molecule has 0 aromatic heterocycles. The molecule has 0 amide bonds. The maximum absolute atomic E-state index is 12.0. The highest BCUT2D eigenvalue weighted by Gasteiger charge is 2.23. The summed E-state index contributed by atoms with van der Waals surface area (Å²) in [7, 11) is -4.08. The Labute approximate surface area is 118 Å². The summed E-state index contributed by atoms with van der Waals surface area (Å²) in [5.74, 6) is 0. The van der Waals surface area contributed by atoms with Crippen molar-refractivity contribution in [1.82, 2.24) is 0 Å². The number of carbonyl (C=O) groups is 1. The number of benzene rings is 2. The van der Waals surface area contributed by atoms with Crippen LogP contribution < -0.4 is 4.72 Å². The average Bonchev–Trinajstić information content (AvgIpc) is 2.41. The van der Waals surface area contributed by atoms with Gasteiger partial charge in [-0.2, -0.15) is 8.42 Å². The summed E-state index contributed by atoms with van der Waals surface area (Å²) in [6.45, 7) is 3.77. The highest BCUT2D eigenvalue weighted by Crippen LogP contribution is 2.14. The van der Waals surface area contributed by atoms with E-state index in [-0.39, 0.29) is 5.56 Å². The lowest BCUT2D eigenvalue weighted by atomic mass is 10.2. The quantitative estimate of drug-likeness (QED) is 0.945. The summed E-state index contributed by atoms with van der Waals surface area (Å²) in [5, 5.41) is -0.932. The first-order chi connectivity index (χ1) is 9.38. The maximum Gasteiger partial charge on any atom is 0.300 e. The van der Waals surface area contributed by atoms with E-state index in [0.29, 0.717) is 5.69 Å². The van der Waals surface area contributed by atoms with Gasteiger partial charge < -0.3 is 0 Å². The van der Waals surface area contributed by atoms with Crippen LogP contribution in [0.4, 0.5) is 5.69 Å². The summed E-state index contributed by atoms with van der Waals surface area (Å²) in [6.07, 6.45) is 0. The van der Waals surface area contributed by atoms with Gasteiger partial charge in [0.05, 0.1) is 0 Å². The summed E-state index contributed by atoms with van der Waals surface area (Å²) in [4.78, 5) is 12.0. The zero-order chi connectivity index (χ0) is 14.8. The van der Waals surface area contributed by atoms with Gasteiger partial charge in [-0.15, -0.1) is 0 Å². The van der Waals surface area contributed by atoms with Crippen LogP contribution in [0.15, 0.2) is 48.5 Å². The van der Waals surface area contributed by atoms with Crippen molar-refractivity contribution in [2.24, 2.45) is 0 Å². The predicted octanol–water partition coefficient (Wildman–Crippen LogP) is 2.89. The zero-order valence-electron chi connectivity index (χ0n) is 11.3. The fourth-order valence-electron chi connectivity index (χ4n) is 1.67. The van der Waals surface area contributed by atoms with Crippen LogP contribution in [-0.4, -0.2) is 13.5 Å². The molecule has 4 nitrogen and oxygen atoms in total. The second-order valence-electron chi connectivity index (χ2n) is 4.63. The number of hydrogen-bond donors (Lipinski definition) is 1. The van der Waals surface area contributed by atoms with Crippen molar-refractivity contribution in [1.29, 1.82) is 0 Å². The lowest BCUT2D eigenvalue weighted by Crippen LogP contribution is -2.23. The number of hydrogen-bond acceptors (Lipinski definition) is 3. The molecule has 5 heteroatoms. The summed E-state index contributed by atoms with van der Waals surface area (Å²) in [5.41, 5.74) is 2.49. The van der Waals surface area contributed by atoms with Gasteiger partial charge in [-0.25, -0.2) is 0 Å². The number of carbonyl (C=O) groups excluding carboxylic acids is 1. The molecule has 0 spiro atoms. The normalized spacial score (nSPS) is 11.1. The fraction of sp³-hybridized carbons (Fsp3) is 0.133. The van der Waals surface area contributed by atoms with Crippen LogP contribution in [-0.2, 0) is 10.0 Å². The molecular formula is C15H15NO3S. The minimum atomic E-state index is -4.08. The molecule has 0 aliphatic heterocycles. The third-order valence-electron chi connectivity index (χ3n) is 2.84. The largest absolute Gasteiger partial charge is 0.300 e. The highest BCUT2D eigenvalue weighted by molar-refractivity contribution is 8.07. The standard InChI is InChI=1S/C15H15NO3S/c1-11-3-7-13(8-4-11)15(17)20(18,19)16-14-9-5-12(2)6-10-14/h3-10,16H,1-2H3. The SMILES string of the molecule is Cc1ccc(NS(=O)(=O)C(=O)c2ccc(C)cc2)cc1. The van der Waals surface area contributed by atoms with Gasteiger partial charge in [-0.3, -0.25) is 9.52 Å². The van der Waals surface area contributed by atoms with Crippen LogP contribution in [0, 0.1) is 13.8 Å². The van der Waals surface area contributed by atoms with Gasteiger partial charge in [-0.1, -0.05) is 35.4 Å². The Hall–Kier alpha value is -2.14. The second kappa shape index (κ2) is 5.46. The molecule has 20 heavy (non-hydrogen) atoms. The highest BCUT2D eigenvalue weighted by atomic mass is 32.2. The molecule has 0 atom stereocenters. The number of anilines is 1. The molecular weight excluding hydrogens is 274 g/mol. The third-order valence-corrected chi connectivity index (χ3v) is 4.06. The van der Waals surface area contributed by atoms with E-state index >= 15 is 0 Å². The van der Waals surface area contributed by atoms with Crippen LogP contribution in [0.5, 0.6) is 0 Å².